The van der Waals surface area contributed by atoms with Gasteiger partial charge in [-0.3, -0.25) is 4.79 Å². The third-order valence-electron chi connectivity index (χ3n) is 3.54. The number of aromatic nitrogens is 2. The summed E-state index contributed by atoms with van der Waals surface area (Å²) >= 11 is 11.9. The van der Waals surface area contributed by atoms with Crippen molar-refractivity contribution in [2.45, 2.75) is 25.9 Å². The Hall–Kier alpha value is -1.69. The topological polar surface area (TPSA) is 66.3 Å². The molecule has 1 atom stereocenters. The molecule has 1 heterocycles. The van der Waals surface area contributed by atoms with Crippen LogP contribution >= 0.6 is 23.2 Å². The minimum Gasteiger partial charge on any atom is -0.386 e. The second-order valence-corrected chi connectivity index (χ2v) is 6.27. The zero-order chi connectivity index (χ0) is 17.5. The number of hydrogen-bond donors (Lipinski definition) is 1. The molecule has 0 bridgehead atoms. The molecule has 128 valence electrons. The van der Waals surface area contributed by atoms with Gasteiger partial charge in [-0.15, -0.1) is 0 Å². The van der Waals surface area contributed by atoms with E-state index in [0.29, 0.717) is 22.2 Å². The molecule has 1 aromatic carbocycles. The van der Waals surface area contributed by atoms with Gasteiger partial charge in [-0.25, -0.2) is 9.97 Å². The lowest BCUT2D eigenvalue weighted by Gasteiger charge is -2.25. The Balaban J connectivity index is 2.05. The van der Waals surface area contributed by atoms with Gasteiger partial charge >= 0.3 is 0 Å². The van der Waals surface area contributed by atoms with Crippen molar-refractivity contribution in [3.63, 3.8) is 0 Å². The number of hydrogen-bond acceptors (Lipinski definition) is 4. The van der Waals surface area contributed by atoms with E-state index in [1.54, 1.807) is 35.5 Å². The smallest absolute Gasteiger partial charge is 0.227 e. The molecule has 0 aliphatic rings. The summed E-state index contributed by atoms with van der Waals surface area (Å²) < 4.78 is 0. The van der Waals surface area contributed by atoms with Crippen LogP contribution < -0.4 is 0 Å². The summed E-state index contributed by atoms with van der Waals surface area (Å²) in [6, 6.07) is 5.14. The van der Waals surface area contributed by atoms with Gasteiger partial charge in [-0.05, 0) is 24.1 Å². The largest absolute Gasteiger partial charge is 0.386 e. The van der Waals surface area contributed by atoms with Gasteiger partial charge < -0.3 is 10.0 Å². The van der Waals surface area contributed by atoms with E-state index in [0.717, 1.165) is 12.0 Å². The molecule has 2 rings (SSSR count). The minimum absolute atomic E-state index is 0.0776. The quantitative estimate of drug-likeness (QED) is 0.815. The Morgan fingerprint density at radius 3 is 2.58 bits per heavy atom. The molecule has 2 aromatic rings. The molecule has 24 heavy (non-hydrogen) atoms. The van der Waals surface area contributed by atoms with Crippen molar-refractivity contribution in [2.24, 2.45) is 0 Å². The molecule has 5 nitrogen and oxygen atoms in total. The maximum absolute atomic E-state index is 12.6. The van der Waals surface area contributed by atoms with Crippen LogP contribution in [0.5, 0.6) is 0 Å². The highest BCUT2D eigenvalue weighted by Gasteiger charge is 2.19. The van der Waals surface area contributed by atoms with Gasteiger partial charge in [-0.2, -0.15) is 0 Å². The van der Waals surface area contributed by atoms with E-state index in [1.807, 2.05) is 6.92 Å². The number of carbonyl (C=O) groups is 1. The number of aliphatic hydroxyl groups is 1. The van der Waals surface area contributed by atoms with E-state index in [-0.39, 0.29) is 18.9 Å². The second kappa shape index (κ2) is 8.97. The van der Waals surface area contributed by atoms with E-state index in [1.165, 1.54) is 6.33 Å². The fourth-order valence-corrected chi connectivity index (χ4v) is 2.64. The molecular weight excluding hydrogens is 349 g/mol. The molecule has 0 saturated heterocycles. The van der Waals surface area contributed by atoms with Crippen LogP contribution in [0.4, 0.5) is 0 Å². The van der Waals surface area contributed by atoms with Crippen LogP contribution in [-0.2, 0) is 11.2 Å². The Labute approximate surface area is 151 Å². The summed E-state index contributed by atoms with van der Waals surface area (Å²) in [7, 11) is 0. The number of amides is 1. The lowest BCUT2D eigenvalue weighted by atomic mass is 10.1. The molecule has 7 heteroatoms. The molecule has 1 N–H and O–H groups in total. The summed E-state index contributed by atoms with van der Waals surface area (Å²) in [5.41, 5.74) is 1.37. The molecule has 0 saturated carbocycles. The van der Waals surface area contributed by atoms with Gasteiger partial charge in [0.2, 0.25) is 5.91 Å². The van der Waals surface area contributed by atoms with Crippen LogP contribution in [0.25, 0.3) is 0 Å². The Morgan fingerprint density at radius 1 is 1.25 bits per heavy atom. The zero-order valence-corrected chi connectivity index (χ0v) is 14.8. The third kappa shape index (κ3) is 5.16. The number of rotatable bonds is 7. The summed E-state index contributed by atoms with van der Waals surface area (Å²) in [5.74, 6) is -0.0776. The minimum atomic E-state index is -0.824. The number of nitrogens with zero attached hydrogens (tertiary/aromatic N) is 3. The van der Waals surface area contributed by atoms with Crippen molar-refractivity contribution in [2.75, 3.05) is 13.1 Å². The number of aliphatic hydroxyl groups excluding tert-OH is 1. The van der Waals surface area contributed by atoms with Crippen molar-refractivity contribution in [1.29, 1.82) is 0 Å². The van der Waals surface area contributed by atoms with E-state index in [9.17, 15) is 9.90 Å². The fraction of sp³-hybridized carbons (Fsp3) is 0.353. The van der Waals surface area contributed by atoms with E-state index < -0.39 is 6.10 Å². The molecule has 1 aromatic heterocycles. The molecule has 1 unspecified atom stereocenters. The highest BCUT2D eigenvalue weighted by molar-refractivity contribution is 6.42. The summed E-state index contributed by atoms with van der Waals surface area (Å²) in [4.78, 5) is 22.0. The lowest BCUT2D eigenvalue weighted by molar-refractivity contribution is -0.132. The number of benzene rings is 1. The average Bonchev–Trinajstić information content (AvgIpc) is 2.58. The SMILES string of the molecule is CCCN(CC(O)c1cncnc1)C(=O)Cc1ccc(Cl)c(Cl)c1. The summed E-state index contributed by atoms with van der Waals surface area (Å²) in [6.45, 7) is 2.74. The van der Waals surface area contributed by atoms with Crippen LogP contribution in [0.1, 0.15) is 30.6 Å². The normalized spacial score (nSPS) is 12.0. The monoisotopic (exact) mass is 367 g/mol. The molecule has 0 radical (unpaired) electrons. The summed E-state index contributed by atoms with van der Waals surface area (Å²) in [6.07, 6.45) is 4.67. The maximum Gasteiger partial charge on any atom is 0.227 e. The third-order valence-corrected chi connectivity index (χ3v) is 4.28. The van der Waals surface area contributed by atoms with Gasteiger partial charge in [0.05, 0.1) is 29.1 Å². The summed E-state index contributed by atoms with van der Waals surface area (Å²) in [5, 5.41) is 11.2. The van der Waals surface area contributed by atoms with Gasteiger partial charge in [0.25, 0.3) is 0 Å². The van der Waals surface area contributed by atoms with Crippen molar-refractivity contribution in [1.82, 2.24) is 14.9 Å². The van der Waals surface area contributed by atoms with Gasteiger partial charge in [0, 0.05) is 24.5 Å². The van der Waals surface area contributed by atoms with Gasteiger partial charge in [-0.1, -0.05) is 36.2 Å². The Bertz CT molecular complexity index is 683. The maximum atomic E-state index is 12.6. The van der Waals surface area contributed by atoms with Crippen molar-refractivity contribution >= 4 is 29.1 Å². The second-order valence-electron chi connectivity index (χ2n) is 5.45. The number of halogens is 2. The first kappa shape index (κ1) is 18.6. The van der Waals surface area contributed by atoms with Crippen LogP contribution in [0.2, 0.25) is 10.0 Å². The van der Waals surface area contributed by atoms with Crippen molar-refractivity contribution in [3.8, 4) is 0 Å². The molecule has 1 amide bonds. The van der Waals surface area contributed by atoms with E-state index >= 15 is 0 Å². The van der Waals surface area contributed by atoms with Crippen LogP contribution in [0, 0.1) is 0 Å². The molecule has 0 aliphatic heterocycles. The van der Waals surface area contributed by atoms with Crippen molar-refractivity contribution < 1.29 is 9.90 Å². The van der Waals surface area contributed by atoms with Gasteiger partial charge in [0.15, 0.2) is 0 Å². The first-order valence-electron chi connectivity index (χ1n) is 7.66. The first-order chi connectivity index (χ1) is 11.5. The highest BCUT2D eigenvalue weighted by Crippen LogP contribution is 2.23. The van der Waals surface area contributed by atoms with Crippen LogP contribution in [-0.4, -0.2) is 39.0 Å². The predicted octanol–water partition coefficient (Wildman–Crippen LogP) is 3.30. The molecular formula is C17H19Cl2N3O2. The average molecular weight is 368 g/mol. The zero-order valence-electron chi connectivity index (χ0n) is 13.3. The van der Waals surface area contributed by atoms with E-state index in [2.05, 4.69) is 9.97 Å². The molecule has 0 fully saturated rings. The predicted molar refractivity (Wildman–Crippen MR) is 94.0 cm³/mol. The molecule has 0 aliphatic carbocycles. The Morgan fingerprint density at radius 2 is 1.96 bits per heavy atom. The van der Waals surface area contributed by atoms with Crippen LogP contribution in [0.15, 0.2) is 36.9 Å². The fourth-order valence-electron chi connectivity index (χ4n) is 2.32. The highest BCUT2D eigenvalue weighted by atomic mass is 35.5. The molecule has 0 spiro atoms. The van der Waals surface area contributed by atoms with E-state index in [4.69, 9.17) is 23.2 Å². The number of carbonyl (C=O) groups excluding carboxylic acids is 1. The van der Waals surface area contributed by atoms with Gasteiger partial charge in [0.1, 0.15) is 6.33 Å². The lowest BCUT2D eigenvalue weighted by Crippen LogP contribution is -2.36. The Kier molecular flexibility index (Phi) is 6.97. The first-order valence-corrected chi connectivity index (χ1v) is 8.41. The van der Waals surface area contributed by atoms with Crippen molar-refractivity contribution in [3.05, 3.63) is 58.1 Å². The van der Waals surface area contributed by atoms with Crippen LogP contribution in [0.3, 0.4) is 0 Å². The standard InChI is InChI=1S/C17H19Cl2N3O2/c1-2-5-22(10-16(23)13-8-20-11-21-9-13)17(24)7-12-3-4-14(18)15(19)6-12/h3-4,6,8-9,11,16,23H,2,5,7,10H2,1H3.